The Kier molecular flexibility index (Phi) is 4.19. The van der Waals surface area contributed by atoms with Crippen molar-refractivity contribution in [3.8, 4) is 0 Å². The predicted molar refractivity (Wildman–Crippen MR) is 64.1 cm³/mol. The van der Waals surface area contributed by atoms with Crippen LogP contribution in [0.15, 0.2) is 0 Å². The first-order chi connectivity index (χ1) is 8.56. The summed E-state index contributed by atoms with van der Waals surface area (Å²) in [5.41, 5.74) is 0. The molecule has 6 nitrogen and oxygen atoms in total. The number of hydrogen-bond acceptors (Lipinski definition) is 5. The highest BCUT2D eigenvalue weighted by molar-refractivity contribution is 5.76. The Morgan fingerprint density at radius 3 is 2.67 bits per heavy atom. The summed E-state index contributed by atoms with van der Waals surface area (Å²) in [6.45, 7) is 3.20. The van der Waals surface area contributed by atoms with E-state index in [1.807, 2.05) is 0 Å². The molecule has 0 spiro atoms. The Balaban J connectivity index is 1.69. The molecule has 0 aromatic carbocycles. The molecule has 2 aliphatic heterocycles. The van der Waals surface area contributed by atoms with E-state index >= 15 is 0 Å². The SMILES string of the molecule is C[C@H]1CN[C@H](C(=O)OCC2CC[C@@H](C(=O)O)N2)C1. The largest absolute Gasteiger partial charge is 0.480 e. The number of ether oxygens (including phenoxy) is 1. The number of nitrogens with one attached hydrogen (secondary N) is 2. The van der Waals surface area contributed by atoms with Gasteiger partial charge in [0.1, 0.15) is 18.7 Å². The third-order valence-corrected chi connectivity index (χ3v) is 3.60. The summed E-state index contributed by atoms with van der Waals surface area (Å²) in [7, 11) is 0. The highest BCUT2D eigenvalue weighted by Crippen LogP contribution is 2.16. The predicted octanol–water partition coefficient (Wildman–Crippen LogP) is -0.267. The average molecular weight is 256 g/mol. The fourth-order valence-corrected chi connectivity index (χ4v) is 2.52. The Morgan fingerprint density at radius 2 is 2.11 bits per heavy atom. The summed E-state index contributed by atoms with van der Waals surface area (Å²) < 4.78 is 5.23. The van der Waals surface area contributed by atoms with Gasteiger partial charge in [0.25, 0.3) is 0 Å². The maximum Gasteiger partial charge on any atom is 0.323 e. The van der Waals surface area contributed by atoms with Crippen molar-refractivity contribution in [1.82, 2.24) is 10.6 Å². The van der Waals surface area contributed by atoms with Gasteiger partial charge in [-0.3, -0.25) is 14.9 Å². The molecule has 102 valence electrons. The van der Waals surface area contributed by atoms with Gasteiger partial charge in [-0.25, -0.2) is 0 Å². The van der Waals surface area contributed by atoms with Crippen LogP contribution in [-0.4, -0.2) is 48.3 Å². The smallest absolute Gasteiger partial charge is 0.323 e. The standard InChI is InChI=1S/C12H20N2O4/c1-7-4-10(13-5-7)12(17)18-6-8-2-3-9(14-8)11(15)16/h7-10,13-14H,2-6H2,1H3,(H,15,16)/t7-,8?,9+,10+/m1/s1. The molecule has 2 rings (SSSR count). The number of carbonyl (C=O) groups is 2. The van der Waals surface area contributed by atoms with Crippen LogP contribution in [0.3, 0.4) is 0 Å². The molecule has 2 heterocycles. The Hall–Kier alpha value is -1.14. The lowest BCUT2D eigenvalue weighted by molar-refractivity contribution is -0.146. The van der Waals surface area contributed by atoms with Gasteiger partial charge >= 0.3 is 11.9 Å². The van der Waals surface area contributed by atoms with Gasteiger partial charge in [0.05, 0.1) is 0 Å². The van der Waals surface area contributed by atoms with E-state index in [1.165, 1.54) is 0 Å². The maximum atomic E-state index is 11.7. The van der Waals surface area contributed by atoms with E-state index in [0.29, 0.717) is 12.3 Å². The third-order valence-electron chi connectivity index (χ3n) is 3.60. The van der Waals surface area contributed by atoms with Crippen molar-refractivity contribution in [3.05, 3.63) is 0 Å². The van der Waals surface area contributed by atoms with E-state index in [1.54, 1.807) is 0 Å². The number of carboxylic acids is 1. The average Bonchev–Trinajstić information content (AvgIpc) is 2.94. The number of carbonyl (C=O) groups excluding carboxylic acids is 1. The molecule has 0 aromatic rings. The van der Waals surface area contributed by atoms with Gasteiger partial charge in [0, 0.05) is 6.04 Å². The van der Waals surface area contributed by atoms with Gasteiger partial charge in [-0.2, -0.15) is 0 Å². The molecule has 0 aliphatic carbocycles. The molecule has 4 atom stereocenters. The Bertz CT molecular complexity index is 334. The molecule has 2 saturated heterocycles. The van der Waals surface area contributed by atoms with Crippen LogP contribution in [0.5, 0.6) is 0 Å². The summed E-state index contributed by atoms with van der Waals surface area (Å²) in [6, 6.07) is -0.733. The topological polar surface area (TPSA) is 87.7 Å². The Morgan fingerprint density at radius 1 is 1.33 bits per heavy atom. The van der Waals surface area contributed by atoms with Crippen LogP contribution in [0.4, 0.5) is 0 Å². The second-order valence-electron chi connectivity index (χ2n) is 5.26. The first kappa shape index (κ1) is 13.3. The Labute approximate surface area is 106 Å². The summed E-state index contributed by atoms with van der Waals surface area (Å²) in [5, 5.41) is 14.9. The quantitative estimate of drug-likeness (QED) is 0.600. The zero-order chi connectivity index (χ0) is 13.1. The summed E-state index contributed by atoms with van der Waals surface area (Å²) in [4.78, 5) is 22.5. The molecule has 0 aromatic heterocycles. The molecule has 6 heteroatoms. The van der Waals surface area contributed by atoms with Crippen LogP contribution in [0.2, 0.25) is 0 Å². The van der Waals surface area contributed by atoms with E-state index in [2.05, 4.69) is 17.6 Å². The van der Waals surface area contributed by atoms with Crippen molar-refractivity contribution in [2.75, 3.05) is 13.2 Å². The van der Waals surface area contributed by atoms with Crippen LogP contribution in [0.25, 0.3) is 0 Å². The van der Waals surface area contributed by atoms with Crippen molar-refractivity contribution in [2.24, 2.45) is 5.92 Å². The minimum absolute atomic E-state index is 0.0334. The van der Waals surface area contributed by atoms with Gasteiger partial charge in [-0.15, -0.1) is 0 Å². The molecule has 0 saturated carbocycles. The minimum atomic E-state index is -0.838. The first-order valence-corrected chi connectivity index (χ1v) is 6.45. The van der Waals surface area contributed by atoms with Crippen LogP contribution < -0.4 is 10.6 Å². The molecule has 1 unspecified atom stereocenters. The number of hydrogen-bond donors (Lipinski definition) is 3. The lowest BCUT2D eigenvalue weighted by Gasteiger charge is -2.15. The van der Waals surface area contributed by atoms with E-state index in [4.69, 9.17) is 9.84 Å². The summed E-state index contributed by atoms with van der Waals surface area (Å²) in [6.07, 6.45) is 2.14. The highest BCUT2D eigenvalue weighted by Gasteiger charge is 2.31. The van der Waals surface area contributed by atoms with Gasteiger partial charge in [0.2, 0.25) is 0 Å². The van der Waals surface area contributed by atoms with Gasteiger partial charge < -0.3 is 15.2 Å². The number of esters is 1. The van der Waals surface area contributed by atoms with E-state index in [-0.39, 0.29) is 24.7 Å². The zero-order valence-electron chi connectivity index (χ0n) is 10.5. The van der Waals surface area contributed by atoms with Gasteiger partial charge in [0.15, 0.2) is 0 Å². The lowest BCUT2D eigenvalue weighted by atomic mass is 10.1. The number of rotatable bonds is 4. The molecule has 3 N–H and O–H groups in total. The van der Waals surface area contributed by atoms with E-state index < -0.39 is 12.0 Å². The number of aliphatic carboxylic acids is 1. The molecule has 0 bridgehead atoms. The van der Waals surface area contributed by atoms with Crippen molar-refractivity contribution in [1.29, 1.82) is 0 Å². The second-order valence-corrected chi connectivity index (χ2v) is 5.26. The van der Waals surface area contributed by atoms with Gasteiger partial charge in [-0.1, -0.05) is 6.92 Å². The summed E-state index contributed by atoms with van der Waals surface area (Å²) in [5.74, 6) is -0.557. The highest BCUT2D eigenvalue weighted by atomic mass is 16.5. The fraction of sp³-hybridized carbons (Fsp3) is 0.833. The van der Waals surface area contributed by atoms with Crippen molar-refractivity contribution < 1.29 is 19.4 Å². The van der Waals surface area contributed by atoms with Crippen LogP contribution in [0.1, 0.15) is 26.2 Å². The fourth-order valence-electron chi connectivity index (χ4n) is 2.52. The first-order valence-electron chi connectivity index (χ1n) is 6.45. The van der Waals surface area contributed by atoms with Crippen molar-refractivity contribution >= 4 is 11.9 Å². The van der Waals surface area contributed by atoms with Crippen LogP contribution in [0, 0.1) is 5.92 Å². The third kappa shape index (κ3) is 3.20. The van der Waals surface area contributed by atoms with Crippen LogP contribution >= 0.6 is 0 Å². The summed E-state index contributed by atoms with van der Waals surface area (Å²) >= 11 is 0. The monoisotopic (exact) mass is 256 g/mol. The van der Waals surface area contributed by atoms with E-state index in [0.717, 1.165) is 19.4 Å². The molecule has 18 heavy (non-hydrogen) atoms. The van der Waals surface area contributed by atoms with Crippen molar-refractivity contribution in [3.63, 3.8) is 0 Å². The molecular weight excluding hydrogens is 236 g/mol. The molecule has 2 fully saturated rings. The molecule has 0 amide bonds. The normalized spacial score (nSPS) is 35.6. The minimum Gasteiger partial charge on any atom is -0.480 e. The van der Waals surface area contributed by atoms with Crippen molar-refractivity contribution in [2.45, 2.75) is 44.3 Å². The second kappa shape index (κ2) is 5.67. The lowest BCUT2D eigenvalue weighted by Crippen LogP contribution is -2.39. The maximum absolute atomic E-state index is 11.7. The van der Waals surface area contributed by atoms with Crippen LogP contribution in [-0.2, 0) is 14.3 Å². The molecule has 0 radical (unpaired) electrons. The van der Waals surface area contributed by atoms with E-state index in [9.17, 15) is 9.59 Å². The molecular formula is C12H20N2O4. The number of carboxylic acid groups (broad SMARTS) is 1. The molecule has 2 aliphatic rings. The van der Waals surface area contributed by atoms with Gasteiger partial charge in [-0.05, 0) is 31.7 Å². The zero-order valence-corrected chi connectivity index (χ0v) is 10.5.